The van der Waals surface area contributed by atoms with Gasteiger partial charge in [0, 0.05) is 49.7 Å². The first kappa shape index (κ1) is 39.3. The Hall–Kier alpha value is -3.47. The molecule has 1 aromatic carbocycles. The number of hydrogen-bond donors (Lipinski definition) is 1. The van der Waals surface area contributed by atoms with Gasteiger partial charge in [0.2, 0.25) is 17.6 Å². The normalized spacial score (nSPS) is 21.7. The highest BCUT2D eigenvalue weighted by Crippen LogP contribution is 2.43. The summed E-state index contributed by atoms with van der Waals surface area (Å²) in [4.78, 5) is 75.9. The van der Waals surface area contributed by atoms with Crippen molar-refractivity contribution >= 4 is 46.5 Å². The van der Waals surface area contributed by atoms with Gasteiger partial charge in [-0.1, -0.05) is 71.6 Å². The Labute approximate surface area is 301 Å². The van der Waals surface area contributed by atoms with Crippen LogP contribution in [0, 0.1) is 22.7 Å². The van der Waals surface area contributed by atoms with Crippen LogP contribution < -0.4 is 14.8 Å². The smallest absolute Gasteiger partial charge is 0.246 e. The molecular formula is C38H54ClN3O8. The molecule has 2 heterocycles. The zero-order chi connectivity index (χ0) is 37.2. The molecule has 1 spiro atoms. The lowest BCUT2D eigenvalue weighted by Gasteiger charge is -2.36. The van der Waals surface area contributed by atoms with Gasteiger partial charge in [-0.15, -0.1) is 0 Å². The van der Waals surface area contributed by atoms with Gasteiger partial charge in [-0.3, -0.25) is 24.0 Å². The highest BCUT2D eigenvalue weighted by atomic mass is 35.5. The van der Waals surface area contributed by atoms with Gasteiger partial charge in [0.1, 0.15) is 17.5 Å². The number of nitrogens with one attached hydrogen (secondary N) is 1. The molecule has 3 aliphatic rings. The molecule has 50 heavy (non-hydrogen) atoms. The van der Waals surface area contributed by atoms with E-state index in [1.54, 1.807) is 12.1 Å². The van der Waals surface area contributed by atoms with Crippen LogP contribution in [0.3, 0.4) is 0 Å². The van der Waals surface area contributed by atoms with E-state index in [1.807, 2.05) is 48.5 Å². The average molecular weight is 716 g/mol. The van der Waals surface area contributed by atoms with Crippen LogP contribution in [0.25, 0.3) is 0 Å². The summed E-state index contributed by atoms with van der Waals surface area (Å²) in [6.07, 6.45) is 3.52. The number of hydrogen-bond acceptors (Lipinski definition) is 9. The van der Waals surface area contributed by atoms with E-state index in [9.17, 15) is 24.0 Å². The second kappa shape index (κ2) is 15.4. The fraction of sp³-hybridized carbons (Fsp3) is 0.684. The number of ketones is 3. The minimum atomic E-state index is -1.06. The third-order valence-electron chi connectivity index (χ3n) is 9.69. The number of nitrogens with zero attached hydrogens (tertiary/aromatic N) is 2. The lowest BCUT2D eigenvalue weighted by molar-refractivity contribution is -0.145. The van der Waals surface area contributed by atoms with Crippen LogP contribution in [0.1, 0.15) is 112 Å². The second-order valence-corrected chi connectivity index (χ2v) is 17.0. The number of benzene rings is 1. The van der Waals surface area contributed by atoms with E-state index in [2.05, 4.69) is 10.5 Å². The Morgan fingerprint density at radius 3 is 2.28 bits per heavy atom. The molecule has 0 aromatic heterocycles. The molecule has 1 aliphatic carbocycles. The van der Waals surface area contributed by atoms with Crippen molar-refractivity contribution in [1.29, 1.82) is 0 Å². The maximum atomic E-state index is 14.6. The third kappa shape index (κ3) is 9.44. The summed E-state index contributed by atoms with van der Waals surface area (Å²) in [5, 5.41) is 7.72. The average Bonchev–Trinajstić information content (AvgIpc) is 3.62. The van der Waals surface area contributed by atoms with Gasteiger partial charge in [0.05, 0.1) is 37.5 Å². The molecule has 1 N–H and O–H groups in total. The molecule has 0 unspecified atom stereocenters. The fourth-order valence-electron chi connectivity index (χ4n) is 6.89. The predicted octanol–water partition coefficient (Wildman–Crippen LogP) is 6.10. The van der Waals surface area contributed by atoms with Gasteiger partial charge in [-0.25, -0.2) is 0 Å². The van der Waals surface area contributed by atoms with Crippen LogP contribution in [0.4, 0.5) is 0 Å². The quantitative estimate of drug-likeness (QED) is 0.215. The van der Waals surface area contributed by atoms with E-state index in [-0.39, 0.29) is 61.7 Å². The molecule has 1 aromatic rings. The predicted molar refractivity (Wildman–Crippen MR) is 190 cm³/mol. The summed E-state index contributed by atoms with van der Waals surface area (Å²) >= 11 is 6.47. The van der Waals surface area contributed by atoms with E-state index in [0.717, 1.165) is 12.8 Å². The zero-order valence-corrected chi connectivity index (χ0v) is 31.8. The Morgan fingerprint density at radius 1 is 1.06 bits per heavy atom. The molecule has 4 atom stereocenters. The SMILES string of the molecule is CCC[C@H](CC(=O)[C@@H]1C[C@]2(CC(c3cc(Cl)c(OC)cc3OC)=NO2)CN1C(=O)[C@@H](NC(=O)CC(C)(C)C)C(C)(C)C)C(=O)C(=O)CC1CC1. The summed E-state index contributed by atoms with van der Waals surface area (Å²) < 4.78 is 11.0. The van der Waals surface area contributed by atoms with Crippen molar-refractivity contribution in [3.05, 3.63) is 22.7 Å². The molecule has 0 bridgehead atoms. The molecule has 4 rings (SSSR count). The number of amides is 2. The number of likely N-dealkylation sites (tertiary alicyclic amines) is 1. The Kier molecular flexibility index (Phi) is 12.1. The van der Waals surface area contributed by atoms with Crippen molar-refractivity contribution in [2.24, 2.45) is 27.8 Å². The van der Waals surface area contributed by atoms with Crippen molar-refractivity contribution in [1.82, 2.24) is 10.2 Å². The van der Waals surface area contributed by atoms with Gasteiger partial charge in [0.25, 0.3) is 0 Å². The molecule has 12 heteroatoms. The molecule has 2 aliphatic heterocycles. The molecule has 0 radical (unpaired) electrons. The fourth-order valence-corrected chi connectivity index (χ4v) is 7.13. The number of carbonyl (C=O) groups is 5. The molecule has 11 nitrogen and oxygen atoms in total. The standard InChI is InChI=1S/C38H54ClN3O8/c1-10-11-23(33(46)29(44)14-22-12-13-22)15-28(43)27-19-38(18-26(41-50-38)24-16-25(39)31(49-9)17-30(24)48-8)21-42(27)35(47)34(37(5,6)7)40-32(45)20-36(2,3)4/h16-17,22-23,27,34H,10-15,18-21H2,1-9H3,(H,40,45)/t23-,27+,34-,38-/m1/s1. The van der Waals surface area contributed by atoms with Gasteiger partial charge in [-0.2, -0.15) is 0 Å². The lowest BCUT2D eigenvalue weighted by atomic mass is 9.84. The number of oxime groups is 1. The molecule has 1 saturated carbocycles. The number of rotatable bonds is 15. The van der Waals surface area contributed by atoms with Crippen LogP contribution in [0.2, 0.25) is 5.02 Å². The third-order valence-corrected chi connectivity index (χ3v) is 9.98. The Morgan fingerprint density at radius 2 is 1.72 bits per heavy atom. The number of methoxy groups -OCH3 is 2. The summed E-state index contributed by atoms with van der Waals surface area (Å²) in [5.41, 5.74) is -0.947. The van der Waals surface area contributed by atoms with E-state index < -0.39 is 46.5 Å². The summed E-state index contributed by atoms with van der Waals surface area (Å²) in [5.74, 6) is -1.55. The number of ether oxygens (including phenoxy) is 2. The van der Waals surface area contributed by atoms with Crippen molar-refractivity contribution in [3.8, 4) is 11.5 Å². The van der Waals surface area contributed by atoms with Crippen LogP contribution in [-0.4, -0.2) is 78.2 Å². The first-order chi connectivity index (χ1) is 23.3. The monoisotopic (exact) mass is 715 g/mol. The molecule has 2 fully saturated rings. The molecule has 276 valence electrons. The highest BCUT2D eigenvalue weighted by Gasteiger charge is 2.55. The van der Waals surface area contributed by atoms with Crippen molar-refractivity contribution in [2.75, 3.05) is 20.8 Å². The number of Topliss-reactive ketones (excluding diaryl/α,β-unsaturated/α-hetero) is 3. The Bertz CT molecular complexity index is 1520. The molecule has 1 saturated heterocycles. The molecular weight excluding hydrogens is 662 g/mol. The van der Waals surface area contributed by atoms with Crippen LogP contribution in [-0.2, 0) is 28.8 Å². The van der Waals surface area contributed by atoms with Gasteiger partial charge in [0.15, 0.2) is 17.2 Å². The minimum absolute atomic E-state index is 0.0240. The number of halogens is 1. The van der Waals surface area contributed by atoms with Crippen LogP contribution in [0.15, 0.2) is 17.3 Å². The highest BCUT2D eigenvalue weighted by molar-refractivity contribution is 6.38. The largest absolute Gasteiger partial charge is 0.496 e. The first-order valence-corrected chi connectivity index (χ1v) is 18.1. The first-order valence-electron chi connectivity index (χ1n) is 17.7. The van der Waals surface area contributed by atoms with Crippen molar-refractivity contribution in [2.45, 2.75) is 124 Å². The summed E-state index contributed by atoms with van der Waals surface area (Å²) in [6, 6.07) is 1.43. The van der Waals surface area contributed by atoms with E-state index in [1.165, 1.54) is 19.1 Å². The molecule has 2 amide bonds. The van der Waals surface area contributed by atoms with Crippen molar-refractivity contribution < 1.29 is 38.3 Å². The number of carbonyl (C=O) groups excluding carboxylic acids is 5. The maximum absolute atomic E-state index is 14.6. The van der Waals surface area contributed by atoms with E-state index in [0.29, 0.717) is 40.6 Å². The summed E-state index contributed by atoms with van der Waals surface area (Å²) in [7, 11) is 3.03. The Balaban J connectivity index is 1.66. The summed E-state index contributed by atoms with van der Waals surface area (Å²) in [6.45, 7) is 13.4. The van der Waals surface area contributed by atoms with Gasteiger partial charge in [-0.05, 0) is 42.1 Å². The lowest BCUT2D eigenvalue weighted by Crippen LogP contribution is -2.57. The minimum Gasteiger partial charge on any atom is -0.496 e. The van der Waals surface area contributed by atoms with Crippen LogP contribution >= 0.6 is 11.6 Å². The second-order valence-electron chi connectivity index (χ2n) is 16.6. The van der Waals surface area contributed by atoms with Gasteiger partial charge >= 0.3 is 0 Å². The zero-order valence-electron chi connectivity index (χ0n) is 31.1. The van der Waals surface area contributed by atoms with Crippen LogP contribution in [0.5, 0.6) is 11.5 Å². The van der Waals surface area contributed by atoms with Crippen molar-refractivity contribution in [3.63, 3.8) is 0 Å². The van der Waals surface area contributed by atoms with E-state index in [4.69, 9.17) is 25.9 Å². The van der Waals surface area contributed by atoms with Gasteiger partial charge < -0.3 is 24.5 Å². The maximum Gasteiger partial charge on any atom is 0.246 e. The van der Waals surface area contributed by atoms with E-state index >= 15 is 0 Å². The topological polar surface area (TPSA) is 141 Å².